The topological polar surface area (TPSA) is 52.6 Å². The van der Waals surface area contributed by atoms with Crippen LogP contribution in [0.1, 0.15) is 21.2 Å². The van der Waals surface area contributed by atoms with Crippen molar-refractivity contribution in [3.05, 3.63) is 21.4 Å². The van der Waals surface area contributed by atoms with Crippen LogP contribution in [0.2, 0.25) is 0 Å². The molecule has 0 aromatic carbocycles. The van der Waals surface area contributed by atoms with Crippen molar-refractivity contribution in [2.75, 3.05) is 14.2 Å². The van der Waals surface area contributed by atoms with Crippen LogP contribution in [0, 0.1) is 13.8 Å². The maximum atomic E-state index is 11.6. The number of carbonyl (C=O) groups excluding carboxylic acids is 2. The van der Waals surface area contributed by atoms with Crippen molar-refractivity contribution in [3.8, 4) is 0 Å². The van der Waals surface area contributed by atoms with E-state index in [-0.39, 0.29) is 0 Å². The minimum atomic E-state index is -0.972. The van der Waals surface area contributed by atoms with E-state index in [0.29, 0.717) is 5.56 Å². The van der Waals surface area contributed by atoms with Crippen molar-refractivity contribution in [2.24, 2.45) is 0 Å². The number of aryl methyl sites for hydroxylation is 2. The minimum Gasteiger partial charge on any atom is -0.468 e. The van der Waals surface area contributed by atoms with Crippen LogP contribution in [0.25, 0.3) is 0 Å². The van der Waals surface area contributed by atoms with E-state index in [4.69, 9.17) is 0 Å². The Morgan fingerprint density at radius 1 is 1.19 bits per heavy atom. The first-order valence-electron chi connectivity index (χ1n) is 4.73. The molecule has 0 aliphatic heterocycles. The van der Waals surface area contributed by atoms with Gasteiger partial charge in [-0.1, -0.05) is 0 Å². The lowest BCUT2D eigenvalue weighted by atomic mass is 10.00. The van der Waals surface area contributed by atoms with Crippen LogP contribution in [-0.2, 0) is 19.1 Å². The molecule has 0 saturated carbocycles. The highest BCUT2D eigenvalue weighted by atomic mass is 32.1. The molecule has 88 valence electrons. The third kappa shape index (κ3) is 2.41. The fourth-order valence-electron chi connectivity index (χ4n) is 1.52. The van der Waals surface area contributed by atoms with Crippen molar-refractivity contribution < 1.29 is 19.1 Å². The van der Waals surface area contributed by atoms with E-state index in [1.165, 1.54) is 25.6 Å². The average Bonchev–Trinajstić information content (AvgIpc) is 2.57. The Bertz CT molecular complexity index is 392. The molecule has 1 rings (SSSR count). The summed E-state index contributed by atoms with van der Waals surface area (Å²) in [6, 6.07) is 1.82. The van der Waals surface area contributed by atoms with Gasteiger partial charge >= 0.3 is 11.9 Å². The zero-order valence-corrected chi connectivity index (χ0v) is 10.5. The lowest BCUT2D eigenvalue weighted by Crippen LogP contribution is -2.24. The maximum Gasteiger partial charge on any atom is 0.324 e. The molecule has 0 unspecified atom stereocenters. The molecule has 0 aliphatic rings. The zero-order chi connectivity index (χ0) is 12.3. The van der Waals surface area contributed by atoms with E-state index in [1.54, 1.807) is 0 Å². The highest BCUT2D eigenvalue weighted by Gasteiger charge is 2.32. The van der Waals surface area contributed by atoms with Crippen LogP contribution in [0.3, 0.4) is 0 Å². The molecule has 1 aromatic heterocycles. The van der Waals surface area contributed by atoms with E-state index in [0.717, 1.165) is 9.75 Å². The van der Waals surface area contributed by atoms with Crippen molar-refractivity contribution in [1.29, 1.82) is 0 Å². The van der Waals surface area contributed by atoms with Gasteiger partial charge in [0.15, 0.2) is 5.92 Å². The Balaban J connectivity index is 3.15. The van der Waals surface area contributed by atoms with Crippen LogP contribution < -0.4 is 0 Å². The lowest BCUT2D eigenvalue weighted by Gasteiger charge is -2.11. The zero-order valence-electron chi connectivity index (χ0n) is 9.70. The number of carbonyl (C=O) groups is 2. The summed E-state index contributed by atoms with van der Waals surface area (Å²) in [4.78, 5) is 25.1. The number of hydrogen-bond acceptors (Lipinski definition) is 5. The molecule has 4 nitrogen and oxygen atoms in total. The Kier molecular flexibility index (Phi) is 4.06. The predicted octanol–water partition coefficient (Wildman–Crippen LogP) is 1.79. The molecule has 0 atom stereocenters. The van der Waals surface area contributed by atoms with Gasteiger partial charge in [0, 0.05) is 9.75 Å². The molecule has 0 N–H and O–H groups in total. The molecule has 1 heterocycles. The van der Waals surface area contributed by atoms with E-state index in [2.05, 4.69) is 9.47 Å². The van der Waals surface area contributed by atoms with E-state index in [1.807, 2.05) is 19.9 Å². The molecule has 5 heteroatoms. The number of rotatable bonds is 3. The second-order valence-electron chi connectivity index (χ2n) is 3.35. The summed E-state index contributed by atoms with van der Waals surface area (Å²) in [6.07, 6.45) is 0. The minimum absolute atomic E-state index is 0.590. The van der Waals surface area contributed by atoms with Crippen molar-refractivity contribution in [1.82, 2.24) is 0 Å². The smallest absolute Gasteiger partial charge is 0.324 e. The van der Waals surface area contributed by atoms with Gasteiger partial charge in [-0.05, 0) is 25.5 Å². The Hall–Kier alpha value is -1.36. The monoisotopic (exact) mass is 242 g/mol. The summed E-state index contributed by atoms with van der Waals surface area (Å²) >= 11 is 1.54. The summed E-state index contributed by atoms with van der Waals surface area (Å²) in [5, 5.41) is 0. The molecule has 0 amide bonds. The highest BCUT2D eigenvalue weighted by Crippen LogP contribution is 2.29. The number of thiophene rings is 1. The number of hydrogen-bond donors (Lipinski definition) is 0. The summed E-state index contributed by atoms with van der Waals surface area (Å²) in [5.41, 5.74) is 0.668. The number of ether oxygens (including phenoxy) is 2. The SMILES string of the molecule is COC(=O)C(C(=O)OC)c1cc(C)sc1C. The van der Waals surface area contributed by atoms with Crippen LogP contribution in [0.15, 0.2) is 6.07 Å². The number of methoxy groups -OCH3 is 2. The molecule has 0 radical (unpaired) electrons. The van der Waals surface area contributed by atoms with Gasteiger partial charge in [0.1, 0.15) is 0 Å². The van der Waals surface area contributed by atoms with Crippen LogP contribution >= 0.6 is 11.3 Å². The third-order valence-electron chi connectivity index (χ3n) is 2.26. The predicted molar refractivity (Wildman–Crippen MR) is 60.6 cm³/mol. The average molecular weight is 242 g/mol. The van der Waals surface area contributed by atoms with Crippen LogP contribution in [0.5, 0.6) is 0 Å². The van der Waals surface area contributed by atoms with Gasteiger partial charge in [-0.3, -0.25) is 9.59 Å². The quantitative estimate of drug-likeness (QED) is 0.599. The molecule has 0 spiro atoms. The normalized spacial score (nSPS) is 10.3. The van der Waals surface area contributed by atoms with Crippen LogP contribution in [-0.4, -0.2) is 26.2 Å². The lowest BCUT2D eigenvalue weighted by molar-refractivity contribution is -0.154. The first-order chi connectivity index (χ1) is 7.51. The Labute approximate surface area is 98.2 Å². The molecular weight excluding hydrogens is 228 g/mol. The fourth-order valence-corrected chi connectivity index (χ4v) is 2.49. The molecule has 16 heavy (non-hydrogen) atoms. The van der Waals surface area contributed by atoms with Gasteiger partial charge in [-0.15, -0.1) is 11.3 Å². The molecular formula is C11H14O4S. The van der Waals surface area contributed by atoms with Gasteiger partial charge in [-0.2, -0.15) is 0 Å². The summed E-state index contributed by atoms with van der Waals surface area (Å²) in [5.74, 6) is -2.15. The maximum absolute atomic E-state index is 11.6. The van der Waals surface area contributed by atoms with Crippen LogP contribution in [0.4, 0.5) is 0 Å². The van der Waals surface area contributed by atoms with E-state index >= 15 is 0 Å². The van der Waals surface area contributed by atoms with E-state index < -0.39 is 17.9 Å². The molecule has 0 bridgehead atoms. The second kappa shape index (κ2) is 5.12. The standard InChI is InChI=1S/C11H14O4S/c1-6-5-8(7(2)16-6)9(10(12)14-3)11(13)15-4/h5,9H,1-4H3. The highest BCUT2D eigenvalue weighted by molar-refractivity contribution is 7.12. The third-order valence-corrected chi connectivity index (χ3v) is 3.25. The van der Waals surface area contributed by atoms with Gasteiger partial charge in [0.05, 0.1) is 14.2 Å². The van der Waals surface area contributed by atoms with Crippen molar-refractivity contribution in [2.45, 2.75) is 19.8 Å². The Morgan fingerprint density at radius 3 is 2.00 bits per heavy atom. The molecule has 1 aromatic rings. The summed E-state index contributed by atoms with van der Waals surface area (Å²) in [7, 11) is 2.51. The Morgan fingerprint density at radius 2 is 1.69 bits per heavy atom. The van der Waals surface area contributed by atoms with Crippen molar-refractivity contribution in [3.63, 3.8) is 0 Å². The second-order valence-corrected chi connectivity index (χ2v) is 4.81. The van der Waals surface area contributed by atoms with Gasteiger partial charge in [0.2, 0.25) is 0 Å². The van der Waals surface area contributed by atoms with Gasteiger partial charge < -0.3 is 9.47 Å². The fraction of sp³-hybridized carbons (Fsp3) is 0.455. The molecule has 0 saturated heterocycles. The summed E-state index contributed by atoms with van der Waals surface area (Å²) in [6.45, 7) is 3.79. The largest absolute Gasteiger partial charge is 0.468 e. The molecule has 0 fully saturated rings. The number of esters is 2. The molecule has 0 aliphatic carbocycles. The van der Waals surface area contributed by atoms with E-state index in [9.17, 15) is 9.59 Å². The first kappa shape index (κ1) is 12.7. The van der Waals surface area contributed by atoms with Gasteiger partial charge in [0.25, 0.3) is 0 Å². The summed E-state index contributed by atoms with van der Waals surface area (Å²) < 4.78 is 9.24. The van der Waals surface area contributed by atoms with Gasteiger partial charge in [-0.25, -0.2) is 0 Å². The van der Waals surface area contributed by atoms with Crippen molar-refractivity contribution >= 4 is 23.3 Å². The first-order valence-corrected chi connectivity index (χ1v) is 5.55.